The van der Waals surface area contributed by atoms with Crippen molar-refractivity contribution in [3.63, 3.8) is 0 Å². The summed E-state index contributed by atoms with van der Waals surface area (Å²) in [5.74, 6) is 0.539. The Kier molecular flexibility index (Phi) is 4.90. The van der Waals surface area contributed by atoms with Crippen molar-refractivity contribution >= 4 is 39.2 Å². The number of nitrogens with one attached hydrogen (secondary N) is 3. The Morgan fingerprint density at radius 1 is 1.29 bits per heavy atom. The molecule has 7 heteroatoms. The van der Waals surface area contributed by atoms with Crippen LogP contribution in [0.2, 0.25) is 0 Å². The van der Waals surface area contributed by atoms with E-state index in [0.717, 1.165) is 27.0 Å². The van der Waals surface area contributed by atoms with E-state index in [-0.39, 0.29) is 6.03 Å². The third-order valence-electron chi connectivity index (χ3n) is 3.52. The van der Waals surface area contributed by atoms with Crippen LogP contribution in [0, 0.1) is 6.92 Å². The highest BCUT2D eigenvalue weighted by molar-refractivity contribution is 7.10. The molecule has 2 aromatic heterocycles. The molecule has 3 rings (SSSR count). The normalized spacial score (nSPS) is 10.6. The van der Waals surface area contributed by atoms with Gasteiger partial charge in [0.15, 0.2) is 0 Å². The van der Waals surface area contributed by atoms with Crippen LogP contribution in [-0.2, 0) is 6.54 Å². The SMILES string of the molecule is CCNC(=O)Nc1cc2cccc(CNc3cc(C)ns3)c2cn1. The smallest absolute Gasteiger partial charge is 0.320 e. The molecule has 2 amide bonds. The molecule has 3 N–H and O–H groups in total. The molecule has 0 saturated carbocycles. The number of urea groups is 1. The molecule has 0 atom stereocenters. The van der Waals surface area contributed by atoms with Crippen LogP contribution in [0.15, 0.2) is 36.5 Å². The summed E-state index contributed by atoms with van der Waals surface area (Å²) in [4.78, 5) is 15.9. The summed E-state index contributed by atoms with van der Waals surface area (Å²) < 4.78 is 4.27. The van der Waals surface area contributed by atoms with Crippen LogP contribution in [0.3, 0.4) is 0 Å². The minimum atomic E-state index is -0.247. The molecule has 0 bridgehead atoms. The standard InChI is InChI=1S/C17H19N5OS/c1-3-18-17(23)21-15-8-12-5-4-6-13(14(12)10-19-15)9-20-16-7-11(2)22-24-16/h4-8,10,20H,3,9H2,1-2H3,(H2,18,19,21,23). The largest absolute Gasteiger partial charge is 0.372 e. The van der Waals surface area contributed by atoms with Gasteiger partial charge in [0.25, 0.3) is 0 Å². The van der Waals surface area contributed by atoms with Crippen LogP contribution in [0.5, 0.6) is 0 Å². The summed E-state index contributed by atoms with van der Waals surface area (Å²) in [6, 6.07) is 9.76. The summed E-state index contributed by atoms with van der Waals surface area (Å²) in [6.07, 6.45) is 1.80. The fourth-order valence-electron chi connectivity index (χ4n) is 2.41. The molecular formula is C17H19N5OS. The lowest BCUT2D eigenvalue weighted by Gasteiger charge is -2.10. The third kappa shape index (κ3) is 3.80. The van der Waals surface area contributed by atoms with Gasteiger partial charge in [-0.1, -0.05) is 18.2 Å². The molecule has 24 heavy (non-hydrogen) atoms. The number of pyridine rings is 1. The zero-order chi connectivity index (χ0) is 16.9. The molecule has 0 saturated heterocycles. The Bertz CT molecular complexity index is 861. The Morgan fingerprint density at radius 2 is 2.17 bits per heavy atom. The first-order chi connectivity index (χ1) is 11.7. The molecule has 0 spiro atoms. The average molecular weight is 341 g/mol. The Labute approximate surface area is 144 Å². The number of carbonyl (C=O) groups excluding carboxylic acids is 1. The lowest BCUT2D eigenvalue weighted by Crippen LogP contribution is -2.28. The minimum absolute atomic E-state index is 0.247. The summed E-state index contributed by atoms with van der Waals surface area (Å²) in [5, 5.41) is 12.0. The van der Waals surface area contributed by atoms with Crippen molar-refractivity contribution in [3.8, 4) is 0 Å². The van der Waals surface area contributed by atoms with Crippen molar-refractivity contribution in [3.05, 3.63) is 47.8 Å². The molecule has 3 aromatic rings. The van der Waals surface area contributed by atoms with Gasteiger partial charge in [-0.25, -0.2) is 9.78 Å². The van der Waals surface area contributed by atoms with E-state index in [0.29, 0.717) is 18.9 Å². The minimum Gasteiger partial charge on any atom is -0.372 e. The van der Waals surface area contributed by atoms with Crippen LogP contribution < -0.4 is 16.0 Å². The zero-order valence-electron chi connectivity index (χ0n) is 13.6. The highest BCUT2D eigenvalue weighted by Gasteiger charge is 2.06. The van der Waals surface area contributed by atoms with Crippen molar-refractivity contribution in [2.75, 3.05) is 17.2 Å². The number of fused-ring (bicyclic) bond motifs is 1. The number of rotatable bonds is 5. The molecule has 124 valence electrons. The number of anilines is 2. The highest BCUT2D eigenvalue weighted by atomic mass is 32.1. The second-order valence-electron chi connectivity index (χ2n) is 5.38. The first-order valence-corrected chi connectivity index (χ1v) is 8.52. The van der Waals surface area contributed by atoms with Gasteiger partial charge in [-0.2, -0.15) is 4.37 Å². The van der Waals surface area contributed by atoms with Crippen molar-refractivity contribution < 1.29 is 4.79 Å². The number of benzene rings is 1. The number of aryl methyl sites for hydroxylation is 1. The van der Waals surface area contributed by atoms with E-state index in [1.165, 1.54) is 11.5 Å². The highest BCUT2D eigenvalue weighted by Crippen LogP contribution is 2.23. The third-order valence-corrected chi connectivity index (χ3v) is 4.35. The Hall–Kier alpha value is -2.67. The molecule has 0 aliphatic heterocycles. The number of carbonyl (C=O) groups is 1. The lowest BCUT2D eigenvalue weighted by molar-refractivity contribution is 0.252. The van der Waals surface area contributed by atoms with Gasteiger partial charge in [0.05, 0.1) is 5.69 Å². The maximum Gasteiger partial charge on any atom is 0.320 e. The fourth-order valence-corrected chi connectivity index (χ4v) is 3.06. The first-order valence-electron chi connectivity index (χ1n) is 7.75. The molecule has 0 unspecified atom stereocenters. The van der Waals surface area contributed by atoms with E-state index < -0.39 is 0 Å². The lowest BCUT2D eigenvalue weighted by atomic mass is 10.1. The quantitative estimate of drug-likeness (QED) is 0.660. The summed E-state index contributed by atoms with van der Waals surface area (Å²) in [6.45, 7) is 5.13. The fraction of sp³-hybridized carbons (Fsp3) is 0.235. The number of hydrogen-bond acceptors (Lipinski definition) is 5. The Balaban J connectivity index is 1.78. The maximum atomic E-state index is 11.6. The van der Waals surface area contributed by atoms with Gasteiger partial charge >= 0.3 is 6.03 Å². The second-order valence-corrected chi connectivity index (χ2v) is 6.18. The predicted octanol–water partition coefficient (Wildman–Crippen LogP) is 3.75. The summed E-state index contributed by atoms with van der Waals surface area (Å²) >= 11 is 1.46. The van der Waals surface area contributed by atoms with Crippen molar-refractivity contribution in [2.45, 2.75) is 20.4 Å². The van der Waals surface area contributed by atoms with E-state index >= 15 is 0 Å². The van der Waals surface area contributed by atoms with Gasteiger partial charge in [-0.15, -0.1) is 0 Å². The van der Waals surface area contributed by atoms with E-state index in [1.54, 1.807) is 6.20 Å². The molecule has 0 aliphatic carbocycles. The first kappa shape index (κ1) is 16.2. The van der Waals surface area contributed by atoms with Gasteiger partial charge in [0.2, 0.25) is 0 Å². The van der Waals surface area contributed by atoms with E-state index in [1.807, 2.05) is 38.1 Å². The van der Waals surface area contributed by atoms with E-state index in [4.69, 9.17) is 0 Å². The number of aromatic nitrogens is 2. The van der Waals surface area contributed by atoms with Gasteiger partial charge in [0.1, 0.15) is 10.8 Å². The maximum absolute atomic E-state index is 11.6. The monoisotopic (exact) mass is 341 g/mol. The van der Waals surface area contributed by atoms with Gasteiger partial charge < -0.3 is 10.6 Å². The van der Waals surface area contributed by atoms with Gasteiger partial charge in [-0.3, -0.25) is 5.32 Å². The Morgan fingerprint density at radius 3 is 2.92 bits per heavy atom. The van der Waals surface area contributed by atoms with Gasteiger partial charge in [-0.05, 0) is 48.5 Å². The predicted molar refractivity (Wildman–Crippen MR) is 98.6 cm³/mol. The summed E-state index contributed by atoms with van der Waals surface area (Å²) in [7, 11) is 0. The van der Waals surface area contributed by atoms with Crippen LogP contribution in [0.4, 0.5) is 15.6 Å². The van der Waals surface area contributed by atoms with Gasteiger partial charge in [0, 0.05) is 24.7 Å². The molecule has 6 nitrogen and oxygen atoms in total. The molecule has 0 aliphatic rings. The van der Waals surface area contributed by atoms with E-state index in [9.17, 15) is 4.79 Å². The molecule has 1 aromatic carbocycles. The molecular weight excluding hydrogens is 322 g/mol. The molecule has 2 heterocycles. The van der Waals surface area contributed by atoms with Crippen LogP contribution in [0.25, 0.3) is 10.8 Å². The van der Waals surface area contributed by atoms with Crippen molar-refractivity contribution in [1.29, 1.82) is 0 Å². The molecule has 0 fully saturated rings. The van der Waals surface area contributed by atoms with Crippen LogP contribution >= 0.6 is 11.5 Å². The topological polar surface area (TPSA) is 78.9 Å². The van der Waals surface area contributed by atoms with E-state index in [2.05, 4.69) is 31.4 Å². The van der Waals surface area contributed by atoms with Crippen molar-refractivity contribution in [1.82, 2.24) is 14.7 Å². The molecule has 0 radical (unpaired) electrons. The number of nitrogens with zero attached hydrogens (tertiary/aromatic N) is 2. The van der Waals surface area contributed by atoms with Crippen LogP contribution in [0.1, 0.15) is 18.2 Å². The number of amides is 2. The number of hydrogen-bond donors (Lipinski definition) is 3. The van der Waals surface area contributed by atoms with Crippen molar-refractivity contribution in [2.24, 2.45) is 0 Å². The van der Waals surface area contributed by atoms with Crippen LogP contribution in [-0.4, -0.2) is 21.9 Å². The zero-order valence-corrected chi connectivity index (χ0v) is 14.4. The second kappa shape index (κ2) is 7.27. The average Bonchev–Trinajstić information content (AvgIpc) is 2.98. The summed E-state index contributed by atoms with van der Waals surface area (Å²) in [5.41, 5.74) is 2.17.